The molecular weight excluding hydrogens is 372 g/mol. The predicted molar refractivity (Wildman–Crippen MR) is 112 cm³/mol. The molecule has 0 saturated heterocycles. The number of hydrogen-bond donors (Lipinski definition) is 0. The molecule has 148 valence electrons. The van der Waals surface area contributed by atoms with Gasteiger partial charge in [-0.1, -0.05) is 18.2 Å². The van der Waals surface area contributed by atoms with E-state index in [1.807, 2.05) is 42.5 Å². The molecule has 0 N–H and O–H groups in total. The van der Waals surface area contributed by atoms with Gasteiger partial charge in [0.25, 0.3) is 0 Å². The minimum atomic E-state index is -3.24. The van der Waals surface area contributed by atoms with Crippen LogP contribution < -0.4 is 4.74 Å². The van der Waals surface area contributed by atoms with E-state index in [0.717, 1.165) is 36.2 Å². The van der Waals surface area contributed by atoms with E-state index in [-0.39, 0.29) is 6.04 Å². The zero-order valence-corrected chi connectivity index (χ0v) is 17.4. The molecule has 3 aromatic rings. The van der Waals surface area contributed by atoms with E-state index in [0.29, 0.717) is 11.5 Å². The summed E-state index contributed by atoms with van der Waals surface area (Å²) < 4.78 is 32.4. The molecule has 1 unspecified atom stereocenters. The molecule has 0 aliphatic carbocycles. The van der Waals surface area contributed by atoms with E-state index in [1.54, 1.807) is 6.07 Å². The number of nitrogens with zero attached hydrogens (tertiary/aromatic N) is 2. The molecule has 0 fully saturated rings. The van der Waals surface area contributed by atoms with Gasteiger partial charge in [0.15, 0.2) is 9.84 Å². The Balaban J connectivity index is 1.75. The number of rotatable bonds is 5. The zero-order chi connectivity index (χ0) is 19.9. The molecule has 0 radical (unpaired) electrons. The van der Waals surface area contributed by atoms with Crippen LogP contribution in [0.15, 0.2) is 53.4 Å². The minimum Gasteiger partial charge on any atom is -0.492 e. The topological polar surface area (TPSA) is 51.5 Å². The third-order valence-electron chi connectivity index (χ3n) is 5.72. The maximum absolute atomic E-state index is 12.1. The molecule has 0 spiro atoms. The van der Waals surface area contributed by atoms with Crippen LogP contribution in [0.5, 0.6) is 5.75 Å². The van der Waals surface area contributed by atoms with Crippen molar-refractivity contribution in [1.82, 2.24) is 9.47 Å². The molecule has 0 amide bonds. The van der Waals surface area contributed by atoms with Crippen LogP contribution >= 0.6 is 0 Å². The quantitative estimate of drug-likeness (QED) is 0.658. The Morgan fingerprint density at radius 3 is 2.61 bits per heavy atom. The van der Waals surface area contributed by atoms with Crippen LogP contribution in [0.25, 0.3) is 10.9 Å². The molecule has 4 rings (SSSR count). The summed E-state index contributed by atoms with van der Waals surface area (Å²) in [6.45, 7) is 4.48. The smallest absolute Gasteiger partial charge is 0.175 e. The standard InChI is InChI=1S/C22H26N2O3S/c1-16-22-19-15-18(28(3,25)26)9-10-20(19)24(21(22)11-12-23(16)2)13-14-27-17-7-5-4-6-8-17/h4-10,15-16H,11-14H2,1-3H3. The lowest BCUT2D eigenvalue weighted by Crippen LogP contribution is -2.31. The molecule has 1 aliphatic heterocycles. The first-order chi connectivity index (χ1) is 13.4. The second-order valence-corrected chi connectivity index (χ2v) is 9.55. The number of sulfone groups is 1. The van der Waals surface area contributed by atoms with Gasteiger partial charge in [0, 0.05) is 41.9 Å². The molecular formula is C22H26N2O3S. The average molecular weight is 399 g/mol. The number of benzene rings is 2. The lowest BCUT2D eigenvalue weighted by atomic mass is 9.97. The van der Waals surface area contributed by atoms with Crippen LogP contribution in [0.1, 0.15) is 24.2 Å². The normalized spacial score (nSPS) is 17.6. The summed E-state index contributed by atoms with van der Waals surface area (Å²) in [5.74, 6) is 0.861. The van der Waals surface area contributed by atoms with Crippen molar-refractivity contribution in [1.29, 1.82) is 0 Å². The molecule has 0 bridgehead atoms. The third kappa shape index (κ3) is 3.42. The number of aromatic nitrogens is 1. The van der Waals surface area contributed by atoms with E-state index in [2.05, 4.69) is 23.4 Å². The van der Waals surface area contributed by atoms with E-state index in [1.165, 1.54) is 17.5 Å². The van der Waals surface area contributed by atoms with E-state index in [9.17, 15) is 8.42 Å². The van der Waals surface area contributed by atoms with Gasteiger partial charge in [-0.15, -0.1) is 0 Å². The largest absolute Gasteiger partial charge is 0.492 e. The Hall–Kier alpha value is -2.31. The SMILES string of the molecule is CC1c2c(n(CCOc3ccccc3)c3ccc(S(C)(=O)=O)cc23)CCN1C. The highest BCUT2D eigenvalue weighted by Gasteiger charge is 2.28. The molecule has 28 heavy (non-hydrogen) atoms. The second-order valence-electron chi connectivity index (χ2n) is 7.53. The zero-order valence-electron chi connectivity index (χ0n) is 16.6. The summed E-state index contributed by atoms with van der Waals surface area (Å²) in [4.78, 5) is 2.69. The fourth-order valence-corrected chi connectivity index (χ4v) is 4.75. The highest BCUT2D eigenvalue weighted by Crippen LogP contribution is 2.38. The summed E-state index contributed by atoms with van der Waals surface area (Å²) in [7, 11) is -1.12. The van der Waals surface area contributed by atoms with E-state index < -0.39 is 9.84 Å². The highest BCUT2D eigenvalue weighted by molar-refractivity contribution is 7.90. The van der Waals surface area contributed by atoms with Gasteiger partial charge in [-0.25, -0.2) is 8.42 Å². The van der Waals surface area contributed by atoms with Crippen molar-refractivity contribution in [2.75, 3.05) is 26.5 Å². The lowest BCUT2D eigenvalue weighted by molar-refractivity contribution is 0.242. The van der Waals surface area contributed by atoms with Crippen molar-refractivity contribution in [3.8, 4) is 5.75 Å². The van der Waals surface area contributed by atoms with Crippen molar-refractivity contribution >= 4 is 20.7 Å². The Morgan fingerprint density at radius 2 is 1.89 bits per heavy atom. The van der Waals surface area contributed by atoms with Gasteiger partial charge >= 0.3 is 0 Å². The minimum absolute atomic E-state index is 0.248. The van der Waals surface area contributed by atoms with Crippen molar-refractivity contribution in [3.05, 3.63) is 59.8 Å². The monoisotopic (exact) mass is 398 g/mol. The number of likely N-dealkylation sites (N-methyl/N-ethyl adjacent to an activating group) is 1. The summed E-state index contributed by atoms with van der Waals surface area (Å²) in [5.41, 5.74) is 3.62. The fraction of sp³-hybridized carbons (Fsp3) is 0.364. The predicted octanol–water partition coefficient (Wildman–Crippen LogP) is 3.67. The first-order valence-corrected chi connectivity index (χ1v) is 11.5. The van der Waals surface area contributed by atoms with Gasteiger partial charge in [-0.2, -0.15) is 0 Å². The summed E-state index contributed by atoms with van der Waals surface area (Å²) in [5, 5.41) is 1.04. The number of hydrogen-bond acceptors (Lipinski definition) is 4. The molecule has 6 heteroatoms. The van der Waals surface area contributed by atoms with Crippen LogP contribution in [0.4, 0.5) is 0 Å². The van der Waals surface area contributed by atoms with Gasteiger partial charge in [0.05, 0.1) is 11.4 Å². The fourth-order valence-electron chi connectivity index (χ4n) is 4.10. The molecule has 2 heterocycles. The lowest BCUT2D eigenvalue weighted by Gasteiger charge is -2.31. The van der Waals surface area contributed by atoms with Crippen molar-refractivity contribution < 1.29 is 13.2 Å². The summed E-state index contributed by atoms with van der Waals surface area (Å²) in [6.07, 6.45) is 2.21. The van der Waals surface area contributed by atoms with Gasteiger partial charge < -0.3 is 9.30 Å². The van der Waals surface area contributed by atoms with Gasteiger partial charge in [-0.3, -0.25) is 4.90 Å². The van der Waals surface area contributed by atoms with Crippen LogP contribution in [0.2, 0.25) is 0 Å². The van der Waals surface area contributed by atoms with E-state index in [4.69, 9.17) is 4.74 Å². The Morgan fingerprint density at radius 1 is 1.14 bits per heavy atom. The first kappa shape index (κ1) is 19.0. The Labute approximate surface area is 166 Å². The van der Waals surface area contributed by atoms with Crippen LogP contribution in [-0.2, 0) is 22.8 Å². The average Bonchev–Trinajstić information content (AvgIpc) is 2.98. The second kappa shape index (κ2) is 7.26. The summed E-state index contributed by atoms with van der Waals surface area (Å²) in [6, 6.07) is 15.6. The third-order valence-corrected chi connectivity index (χ3v) is 6.83. The molecule has 0 saturated carbocycles. The Bertz CT molecular complexity index is 1100. The van der Waals surface area contributed by atoms with Crippen LogP contribution in [-0.4, -0.2) is 44.3 Å². The molecule has 1 aliphatic rings. The highest BCUT2D eigenvalue weighted by atomic mass is 32.2. The molecule has 1 aromatic heterocycles. The van der Waals surface area contributed by atoms with Crippen LogP contribution in [0.3, 0.4) is 0 Å². The van der Waals surface area contributed by atoms with Crippen molar-refractivity contribution in [2.45, 2.75) is 30.8 Å². The van der Waals surface area contributed by atoms with Crippen molar-refractivity contribution in [2.24, 2.45) is 0 Å². The number of ether oxygens (including phenoxy) is 1. The molecule has 2 aromatic carbocycles. The van der Waals surface area contributed by atoms with E-state index >= 15 is 0 Å². The van der Waals surface area contributed by atoms with Gasteiger partial charge in [0.1, 0.15) is 12.4 Å². The maximum Gasteiger partial charge on any atom is 0.175 e. The number of fused-ring (bicyclic) bond motifs is 3. The molecule has 5 nitrogen and oxygen atoms in total. The molecule has 1 atom stereocenters. The number of para-hydroxylation sites is 1. The first-order valence-electron chi connectivity index (χ1n) is 9.59. The Kier molecular flexibility index (Phi) is 4.93. The maximum atomic E-state index is 12.1. The van der Waals surface area contributed by atoms with Gasteiger partial charge in [0.2, 0.25) is 0 Å². The van der Waals surface area contributed by atoms with Gasteiger partial charge in [-0.05, 0) is 49.9 Å². The van der Waals surface area contributed by atoms with Crippen LogP contribution in [0, 0.1) is 0 Å². The van der Waals surface area contributed by atoms with Crippen molar-refractivity contribution in [3.63, 3.8) is 0 Å². The summed E-state index contributed by atoms with van der Waals surface area (Å²) >= 11 is 0.